The van der Waals surface area contributed by atoms with E-state index in [0.717, 1.165) is 12.2 Å². The molecule has 0 aromatic heterocycles. The zero-order valence-corrected chi connectivity index (χ0v) is 32.3. The third-order valence-corrected chi connectivity index (χ3v) is 12.2. The van der Waals surface area contributed by atoms with Crippen LogP contribution in [0.25, 0.3) is 0 Å². The first-order chi connectivity index (χ1) is 23.7. The molecule has 21 heteroatoms. The van der Waals surface area contributed by atoms with Crippen molar-refractivity contribution in [3.63, 3.8) is 0 Å². The summed E-state index contributed by atoms with van der Waals surface area (Å²) in [6, 6.07) is 0.343. The Morgan fingerprint density at radius 1 is 0.620 bits per heavy atom. The number of carbonyl (C=O) groups is 5. The molecule has 19 nitrogen and oxygen atoms in total. The number of primary amides is 1. The van der Waals surface area contributed by atoms with Gasteiger partial charge in [0.15, 0.2) is 0 Å². The monoisotopic (exact) mass is 756 g/mol. The summed E-state index contributed by atoms with van der Waals surface area (Å²) >= 11 is 0. The molecule has 0 aliphatic carbocycles. The van der Waals surface area contributed by atoms with E-state index in [2.05, 4.69) is 29.1 Å². The molecule has 0 fully saturated rings. The fourth-order valence-corrected chi connectivity index (χ4v) is 7.17. The van der Waals surface area contributed by atoms with Crippen molar-refractivity contribution in [1.82, 2.24) is 16.0 Å². The summed E-state index contributed by atoms with van der Waals surface area (Å²) in [6.07, 6.45) is 3.41. The molecular formula is C29H56N4O15Si2. The minimum Gasteiger partial charge on any atom is -0.460 e. The molecule has 0 saturated carbocycles. The zero-order valence-electron chi connectivity index (χ0n) is 30.3. The van der Waals surface area contributed by atoms with Gasteiger partial charge in [-0.25, -0.2) is 24.0 Å². The molecule has 0 radical (unpaired) electrons. The van der Waals surface area contributed by atoms with Crippen LogP contribution in [0.15, 0.2) is 25.3 Å². The summed E-state index contributed by atoms with van der Waals surface area (Å²) in [7, 11) is 4.05. The Balaban J connectivity index is 0. The summed E-state index contributed by atoms with van der Waals surface area (Å²) in [5, 5.41) is 7.66. The summed E-state index contributed by atoms with van der Waals surface area (Å²) in [5.74, 6) is -1.33. The van der Waals surface area contributed by atoms with Crippen molar-refractivity contribution in [1.29, 1.82) is 0 Å². The lowest BCUT2D eigenvalue weighted by Gasteiger charge is -2.28. The van der Waals surface area contributed by atoms with Crippen LogP contribution in [0, 0.1) is 0 Å². The van der Waals surface area contributed by atoms with Crippen LogP contribution in [0.1, 0.15) is 32.6 Å². The van der Waals surface area contributed by atoms with E-state index in [1.165, 1.54) is 6.92 Å². The van der Waals surface area contributed by atoms with Crippen LogP contribution < -0.4 is 21.7 Å². The number of urea groups is 1. The molecule has 0 heterocycles. The number of unbranched alkanes of at least 4 members (excludes halogenated alkanes) is 1. The normalized spacial score (nSPS) is 11.2. The highest BCUT2D eigenvalue weighted by molar-refractivity contribution is 6.60. The van der Waals surface area contributed by atoms with Crippen LogP contribution in [0.4, 0.5) is 14.4 Å². The molecule has 5 N–H and O–H groups in total. The lowest BCUT2D eigenvalue weighted by Crippen LogP contribution is -2.55. The first-order valence-corrected chi connectivity index (χ1v) is 19.3. The van der Waals surface area contributed by atoms with Gasteiger partial charge in [-0.3, -0.25) is 0 Å². The Hall–Kier alpha value is -3.58. The molecular weight excluding hydrogens is 701 g/mol. The van der Waals surface area contributed by atoms with Crippen LogP contribution >= 0.6 is 0 Å². The number of hydrogen-bond acceptors (Lipinski definition) is 15. The zero-order chi connectivity index (χ0) is 38.5. The van der Waals surface area contributed by atoms with Gasteiger partial charge in [0, 0.05) is 80.0 Å². The summed E-state index contributed by atoms with van der Waals surface area (Å²) < 4.78 is 51.6. The van der Waals surface area contributed by atoms with E-state index in [9.17, 15) is 24.0 Å². The van der Waals surface area contributed by atoms with Crippen LogP contribution in [0.2, 0.25) is 12.1 Å². The first-order valence-electron chi connectivity index (χ1n) is 15.5. The maximum absolute atomic E-state index is 11.7. The molecule has 4 amide bonds. The highest BCUT2D eigenvalue weighted by atomic mass is 28.4. The molecule has 0 aromatic carbocycles. The Kier molecular flexibility index (Phi) is 27.3. The Morgan fingerprint density at radius 3 is 1.24 bits per heavy atom. The highest BCUT2D eigenvalue weighted by Gasteiger charge is 2.37. The number of amides is 4. The van der Waals surface area contributed by atoms with Crippen LogP contribution in [0.5, 0.6) is 0 Å². The standard InChI is InChI=1S/C18H40N2O10Si2.C11H16N2O5/c1-23-31(24-2,25-3)15-9-11-19-17(21)29-13-7-8-14-30-18(22)20-12-10-16-32(26-4,27-5)28-6;1-4-8(14)17-6-11(3,13-10(12)16)7-18-9(15)5-2/h7-16H2,1-6H3,(H,19,21)(H,20,22);4-5H,1-2,6-7H2,3H3,(H3,12,13,16). The fourth-order valence-electron chi connectivity index (χ4n) is 3.73. The SMILES string of the molecule is C=CC(=O)OCC(C)(COC(=O)C=C)NC(N)=O.CO[Si](CCCNC(=O)OCCCCOC(=O)NCCC[Si](OC)(OC)OC)(OC)OC. The van der Waals surface area contributed by atoms with Crippen LogP contribution in [0.3, 0.4) is 0 Å². The third-order valence-electron chi connectivity index (χ3n) is 6.55. The van der Waals surface area contributed by atoms with Gasteiger partial charge >= 0.3 is 47.8 Å². The lowest BCUT2D eigenvalue weighted by molar-refractivity contribution is -0.144. The highest BCUT2D eigenvalue weighted by Crippen LogP contribution is 2.15. The molecule has 0 aliphatic heterocycles. The van der Waals surface area contributed by atoms with E-state index in [1.54, 1.807) is 42.7 Å². The van der Waals surface area contributed by atoms with E-state index in [4.69, 9.17) is 51.2 Å². The van der Waals surface area contributed by atoms with Gasteiger partial charge in [0.25, 0.3) is 0 Å². The summed E-state index contributed by atoms with van der Waals surface area (Å²) in [5.41, 5.74) is 3.86. The van der Waals surface area contributed by atoms with E-state index in [1.807, 2.05) is 0 Å². The average Bonchev–Trinajstić information content (AvgIpc) is 3.11. The van der Waals surface area contributed by atoms with Gasteiger partial charge in [-0.15, -0.1) is 0 Å². The van der Waals surface area contributed by atoms with Crippen molar-refractivity contribution in [2.75, 3.05) is 82.2 Å². The van der Waals surface area contributed by atoms with Crippen molar-refractivity contribution >= 4 is 47.8 Å². The molecule has 50 heavy (non-hydrogen) atoms. The molecule has 0 unspecified atom stereocenters. The quantitative estimate of drug-likeness (QED) is 0.0323. The second-order valence-corrected chi connectivity index (χ2v) is 16.5. The van der Waals surface area contributed by atoms with E-state index < -0.39 is 53.3 Å². The van der Waals surface area contributed by atoms with Crippen molar-refractivity contribution in [3.8, 4) is 0 Å². The smallest absolute Gasteiger partial charge is 0.460 e. The first kappa shape index (κ1) is 48.5. The molecule has 0 saturated heterocycles. The molecule has 0 rings (SSSR count). The lowest BCUT2D eigenvalue weighted by atomic mass is 10.1. The molecule has 0 aliphatic rings. The molecule has 0 bridgehead atoms. The fraction of sp³-hybridized carbons (Fsp3) is 0.690. The number of nitrogens with one attached hydrogen (secondary N) is 3. The number of esters is 2. The van der Waals surface area contributed by atoms with Gasteiger partial charge in [0.2, 0.25) is 0 Å². The summed E-state index contributed by atoms with van der Waals surface area (Å²) in [6.45, 7) is 8.85. The van der Waals surface area contributed by atoms with Gasteiger partial charge < -0.3 is 67.2 Å². The van der Waals surface area contributed by atoms with E-state index in [-0.39, 0.29) is 26.4 Å². The molecule has 0 spiro atoms. The van der Waals surface area contributed by atoms with E-state index >= 15 is 0 Å². The Labute approximate surface area is 296 Å². The second-order valence-electron chi connectivity index (χ2n) is 10.3. The topological polar surface area (TPSA) is 240 Å². The van der Waals surface area contributed by atoms with E-state index in [0.29, 0.717) is 50.9 Å². The number of ether oxygens (including phenoxy) is 4. The minimum atomic E-state index is -2.62. The molecule has 0 atom stereocenters. The van der Waals surface area contributed by atoms with Gasteiger partial charge in [0.05, 0.1) is 13.2 Å². The Bertz CT molecular complexity index is 946. The maximum Gasteiger partial charge on any atom is 0.500 e. The number of hydrogen-bond donors (Lipinski definition) is 4. The number of carbonyl (C=O) groups excluding carboxylic acids is 5. The Morgan fingerprint density at radius 2 is 0.960 bits per heavy atom. The van der Waals surface area contributed by atoms with Crippen LogP contribution in [-0.2, 0) is 55.1 Å². The number of nitrogens with two attached hydrogens (primary N) is 1. The maximum atomic E-state index is 11.7. The molecule has 290 valence electrons. The van der Waals surface area contributed by atoms with Crippen molar-refractivity contribution < 1.29 is 69.5 Å². The predicted octanol–water partition coefficient (Wildman–Crippen LogP) is 1.63. The van der Waals surface area contributed by atoms with Crippen molar-refractivity contribution in [3.05, 3.63) is 25.3 Å². The van der Waals surface area contributed by atoms with Gasteiger partial charge in [-0.1, -0.05) is 13.2 Å². The third kappa shape index (κ3) is 22.9. The second kappa shape index (κ2) is 28.2. The minimum absolute atomic E-state index is 0.217. The van der Waals surface area contributed by atoms with Crippen molar-refractivity contribution in [2.24, 2.45) is 5.73 Å². The number of alkyl carbamates (subject to hydrolysis) is 2. The van der Waals surface area contributed by atoms with Gasteiger partial charge in [-0.2, -0.15) is 0 Å². The number of rotatable bonds is 26. The summed E-state index contributed by atoms with van der Waals surface area (Å²) in [4.78, 5) is 56.0. The molecule has 0 aromatic rings. The average molecular weight is 757 g/mol. The van der Waals surface area contributed by atoms with Crippen LogP contribution in [-0.4, -0.2) is 135 Å². The van der Waals surface area contributed by atoms with Crippen molar-refractivity contribution in [2.45, 2.75) is 50.2 Å². The van der Waals surface area contributed by atoms with Gasteiger partial charge in [-0.05, 0) is 32.6 Å². The largest absolute Gasteiger partial charge is 0.500 e. The van der Waals surface area contributed by atoms with Gasteiger partial charge in [0.1, 0.15) is 18.8 Å². The predicted molar refractivity (Wildman–Crippen MR) is 184 cm³/mol.